The summed E-state index contributed by atoms with van der Waals surface area (Å²) in [7, 11) is 0. The number of benzene rings is 1. The number of hydrogen-bond donors (Lipinski definition) is 2. The van der Waals surface area contributed by atoms with Crippen LogP contribution in [0.25, 0.3) is 27.5 Å². The fourth-order valence-corrected chi connectivity index (χ4v) is 4.63. The van der Waals surface area contributed by atoms with E-state index in [0.717, 1.165) is 15.7 Å². The average Bonchev–Trinajstić information content (AvgIpc) is 3.32. The zero-order valence-electron chi connectivity index (χ0n) is 16.3. The van der Waals surface area contributed by atoms with Gasteiger partial charge in [-0.15, -0.1) is 11.3 Å². The number of aromatic carboxylic acids is 1. The first-order valence-corrected chi connectivity index (χ1v) is 10.4. The van der Waals surface area contributed by atoms with Gasteiger partial charge in [-0.05, 0) is 30.7 Å². The molecule has 154 valence electrons. The molecule has 4 heterocycles. The molecule has 0 aliphatic heterocycles. The maximum absolute atomic E-state index is 13.2. The van der Waals surface area contributed by atoms with Crippen molar-refractivity contribution >= 4 is 39.1 Å². The van der Waals surface area contributed by atoms with Crippen LogP contribution in [0.3, 0.4) is 0 Å². The Labute approximate surface area is 178 Å². The van der Waals surface area contributed by atoms with Crippen LogP contribution in [-0.2, 0) is 6.54 Å². The number of pyridine rings is 1. The Bertz CT molecular complexity index is 1590. The molecule has 0 radical (unpaired) electrons. The molecule has 0 saturated heterocycles. The third-order valence-corrected chi connectivity index (χ3v) is 5.97. The fraction of sp³-hybridized carbons (Fsp3) is 0.0909. The summed E-state index contributed by atoms with van der Waals surface area (Å²) in [5.74, 6) is -1.23. The van der Waals surface area contributed by atoms with Gasteiger partial charge in [0.05, 0.1) is 22.1 Å². The summed E-state index contributed by atoms with van der Waals surface area (Å²) >= 11 is 1.29. The average molecular weight is 432 g/mol. The molecule has 0 atom stereocenters. The number of carboxylic acid groups (broad SMARTS) is 1. The Kier molecular flexibility index (Phi) is 4.33. The molecule has 5 rings (SSSR count). The van der Waals surface area contributed by atoms with E-state index in [2.05, 4.69) is 9.97 Å². The molecule has 4 aromatic heterocycles. The van der Waals surface area contributed by atoms with E-state index in [1.807, 2.05) is 19.1 Å². The van der Waals surface area contributed by atoms with Crippen LogP contribution in [0.4, 0.5) is 0 Å². The second-order valence-corrected chi connectivity index (χ2v) is 7.98. The number of aromatic nitrogens is 4. The van der Waals surface area contributed by atoms with Crippen LogP contribution in [0.15, 0.2) is 63.1 Å². The van der Waals surface area contributed by atoms with E-state index in [1.54, 1.807) is 45.9 Å². The van der Waals surface area contributed by atoms with Crippen LogP contribution in [0.5, 0.6) is 0 Å². The van der Waals surface area contributed by atoms with Crippen LogP contribution in [0.1, 0.15) is 21.6 Å². The maximum atomic E-state index is 13.2. The highest BCUT2D eigenvalue weighted by molar-refractivity contribution is 7.09. The van der Waals surface area contributed by atoms with Gasteiger partial charge in [-0.25, -0.2) is 14.2 Å². The van der Waals surface area contributed by atoms with E-state index in [0.29, 0.717) is 21.8 Å². The van der Waals surface area contributed by atoms with Gasteiger partial charge >= 0.3 is 11.7 Å². The second-order valence-electron chi connectivity index (χ2n) is 7.24. The van der Waals surface area contributed by atoms with Crippen molar-refractivity contribution in [2.24, 2.45) is 0 Å². The van der Waals surface area contributed by atoms with Crippen molar-refractivity contribution in [2.45, 2.75) is 13.5 Å². The van der Waals surface area contributed by atoms with Crippen LogP contribution < -0.4 is 11.2 Å². The minimum Gasteiger partial charge on any atom is -0.477 e. The number of fused-ring (bicyclic) bond motifs is 2. The highest BCUT2D eigenvalue weighted by Crippen LogP contribution is 2.30. The first-order chi connectivity index (χ1) is 15.0. The van der Waals surface area contributed by atoms with E-state index in [4.69, 9.17) is 0 Å². The molecule has 0 fully saturated rings. The molecule has 8 nitrogen and oxygen atoms in total. The van der Waals surface area contributed by atoms with E-state index in [1.165, 1.54) is 11.3 Å². The summed E-state index contributed by atoms with van der Waals surface area (Å²) in [5.41, 5.74) is 1.42. The standard InChI is InChI=1S/C22H16N4O4S/c1-12-4-5-17-14(7-12)18(26-20(27)15-10-31-11-16(15)24-22(26)30)19(21(28)29)25(17)9-13-3-2-6-23-8-13/h2-8,10-11H,9H2,1H3,(H,24,30)(H,28,29). The number of H-pyrrole nitrogens is 1. The number of nitrogens with zero attached hydrogens (tertiary/aromatic N) is 3. The number of thiophene rings is 1. The van der Waals surface area contributed by atoms with E-state index in [9.17, 15) is 19.5 Å². The first kappa shape index (κ1) is 19.0. The van der Waals surface area contributed by atoms with Gasteiger partial charge in [0.1, 0.15) is 0 Å². The molecule has 5 aromatic rings. The largest absolute Gasteiger partial charge is 0.477 e. The molecule has 31 heavy (non-hydrogen) atoms. The fourth-order valence-electron chi connectivity index (χ4n) is 3.88. The number of carboxylic acids is 1. The van der Waals surface area contributed by atoms with Crippen LogP contribution in [0.2, 0.25) is 0 Å². The van der Waals surface area contributed by atoms with Crippen molar-refractivity contribution in [2.75, 3.05) is 0 Å². The number of rotatable bonds is 4. The molecular formula is C22H16N4O4S. The topological polar surface area (TPSA) is 110 Å². The highest BCUT2D eigenvalue weighted by atomic mass is 32.1. The predicted molar refractivity (Wildman–Crippen MR) is 119 cm³/mol. The molecule has 2 N–H and O–H groups in total. The van der Waals surface area contributed by atoms with Gasteiger partial charge in [-0.2, -0.15) is 0 Å². The molecule has 0 saturated carbocycles. The quantitative estimate of drug-likeness (QED) is 0.453. The van der Waals surface area contributed by atoms with Crippen molar-refractivity contribution in [1.82, 2.24) is 19.1 Å². The molecule has 9 heteroatoms. The highest BCUT2D eigenvalue weighted by Gasteiger charge is 2.27. The van der Waals surface area contributed by atoms with E-state index < -0.39 is 17.2 Å². The zero-order valence-corrected chi connectivity index (χ0v) is 17.1. The van der Waals surface area contributed by atoms with Crippen molar-refractivity contribution in [3.63, 3.8) is 0 Å². The SMILES string of the molecule is Cc1ccc2c(c1)c(-n1c(=O)[nH]c3cscc3c1=O)c(C(=O)O)n2Cc1cccnc1. The molecule has 0 unspecified atom stereocenters. The summed E-state index contributed by atoms with van der Waals surface area (Å²) < 4.78 is 2.53. The van der Waals surface area contributed by atoms with Gasteiger partial charge < -0.3 is 14.7 Å². The molecular weight excluding hydrogens is 416 g/mol. The summed E-state index contributed by atoms with van der Waals surface area (Å²) in [6.07, 6.45) is 3.29. The number of hydrogen-bond acceptors (Lipinski definition) is 5. The Morgan fingerprint density at radius 2 is 2.03 bits per heavy atom. The minimum atomic E-state index is -1.23. The lowest BCUT2D eigenvalue weighted by Crippen LogP contribution is -2.34. The van der Waals surface area contributed by atoms with Crippen LogP contribution in [-0.4, -0.2) is 30.2 Å². The van der Waals surface area contributed by atoms with Gasteiger partial charge in [0.25, 0.3) is 5.56 Å². The number of aromatic amines is 1. The maximum Gasteiger partial charge on any atom is 0.354 e. The summed E-state index contributed by atoms with van der Waals surface area (Å²) in [6.45, 7) is 2.10. The van der Waals surface area contributed by atoms with E-state index >= 15 is 0 Å². The Morgan fingerprint density at radius 3 is 2.77 bits per heavy atom. The summed E-state index contributed by atoms with van der Waals surface area (Å²) in [6, 6.07) is 9.08. The normalized spacial score (nSPS) is 11.4. The van der Waals surface area contributed by atoms with Crippen molar-refractivity contribution in [3.8, 4) is 5.69 Å². The van der Waals surface area contributed by atoms with Gasteiger partial charge in [-0.1, -0.05) is 17.7 Å². The lowest BCUT2D eigenvalue weighted by atomic mass is 10.1. The molecule has 0 bridgehead atoms. The monoisotopic (exact) mass is 432 g/mol. The molecule has 0 aliphatic rings. The van der Waals surface area contributed by atoms with Gasteiger partial charge in [0.15, 0.2) is 5.69 Å². The molecule has 0 amide bonds. The van der Waals surface area contributed by atoms with Crippen molar-refractivity contribution in [1.29, 1.82) is 0 Å². The number of carbonyl (C=O) groups is 1. The minimum absolute atomic E-state index is 0.0643. The van der Waals surface area contributed by atoms with E-state index in [-0.39, 0.29) is 17.9 Å². The zero-order chi connectivity index (χ0) is 21.7. The van der Waals surface area contributed by atoms with Crippen molar-refractivity contribution in [3.05, 3.63) is 91.1 Å². The lowest BCUT2D eigenvalue weighted by Gasteiger charge is -2.10. The third-order valence-electron chi connectivity index (χ3n) is 5.22. The van der Waals surface area contributed by atoms with Crippen LogP contribution >= 0.6 is 11.3 Å². The molecule has 0 spiro atoms. The number of nitrogens with one attached hydrogen (secondary N) is 1. The lowest BCUT2D eigenvalue weighted by molar-refractivity contribution is 0.0686. The Hall–Kier alpha value is -3.98. The third kappa shape index (κ3) is 2.98. The first-order valence-electron chi connectivity index (χ1n) is 9.42. The molecule has 0 aliphatic carbocycles. The smallest absolute Gasteiger partial charge is 0.354 e. The van der Waals surface area contributed by atoms with Gasteiger partial charge in [0, 0.05) is 35.1 Å². The summed E-state index contributed by atoms with van der Waals surface area (Å²) in [5, 5.41) is 14.3. The van der Waals surface area contributed by atoms with Crippen LogP contribution in [0, 0.1) is 6.92 Å². The van der Waals surface area contributed by atoms with Gasteiger partial charge in [-0.3, -0.25) is 9.78 Å². The van der Waals surface area contributed by atoms with Crippen molar-refractivity contribution < 1.29 is 9.90 Å². The second kappa shape index (κ2) is 7.06. The Morgan fingerprint density at radius 1 is 1.19 bits per heavy atom. The number of aryl methyl sites for hydroxylation is 1. The molecule has 1 aromatic carbocycles. The predicted octanol–water partition coefficient (Wildman–Crippen LogP) is 3.15. The van der Waals surface area contributed by atoms with Gasteiger partial charge in [0.2, 0.25) is 0 Å². The summed E-state index contributed by atoms with van der Waals surface area (Å²) in [4.78, 5) is 45.4. The Balaban J connectivity index is 1.93.